The topological polar surface area (TPSA) is 52.6 Å². The van der Waals surface area contributed by atoms with Gasteiger partial charge >= 0.3 is 0 Å². The Balaban J connectivity index is 1.82. The van der Waals surface area contributed by atoms with E-state index in [-0.39, 0.29) is 18.1 Å². The van der Waals surface area contributed by atoms with Crippen molar-refractivity contribution in [3.63, 3.8) is 0 Å². The Bertz CT molecular complexity index is 502. The average molecular weight is 284 g/mol. The lowest BCUT2D eigenvalue weighted by Gasteiger charge is -2.46. The number of hydrogen-bond acceptors (Lipinski definition) is 3. The van der Waals surface area contributed by atoms with Crippen LogP contribution in [0.25, 0.3) is 0 Å². The Morgan fingerprint density at radius 1 is 1.45 bits per heavy atom. The highest BCUT2D eigenvalue weighted by atomic mass is 19.1. The second kappa shape index (κ2) is 5.85. The molecular weight excluding hydrogens is 266 g/mol. The average Bonchev–Trinajstić information content (AvgIpc) is 2.31. The molecule has 1 saturated heterocycles. The van der Waals surface area contributed by atoms with Crippen LogP contribution in [0.2, 0.25) is 0 Å². The molecule has 0 unspecified atom stereocenters. The first-order valence-electron chi connectivity index (χ1n) is 6.61. The molecule has 0 saturated carbocycles. The molecule has 0 atom stereocenters. The molecule has 2 N–H and O–H groups in total. The third kappa shape index (κ3) is 3.52. The van der Waals surface area contributed by atoms with Gasteiger partial charge in [0.05, 0.1) is 17.8 Å². The van der Waals surface area contributed by atoms with Gasteiger partial charge in [0.1, 0.15) is 11.6 Å². The number of halogens is 2. The number of aliphatic hydroxyl groups is 1. The van der Waals surface area contributed by atoms with Gasteiger partial charge in [0.15, 0.2) is 0 Å². The van der Waals surface area contributed by atoms with Gasteiger partial charge < -0.3 is 10.4 Å². The summed E-state index contributed by atoms with van der Waals surface area (Å²) in [5.74, 6) is -1.87. The van der Waals surface area contributed by atoms with E-state index in [0.717, 1.165) is 18.6 Å². The molecule has 1 aliphatic heterocycles. The molecule has 1 aliphatic rings. The highest BCUT2D eigenvalue weighted by Gasteiger charge is 2.40. The van der Waals surface area contributed by atoms with Crippen molar-refractivity contribution in [2.45, 2.75) is 25.4 Å². The highest BCUT2D eigenvalue weighted by Crippen LogP contribution is 2.25. The number of rotatable bonds is 5. The maximum absolute atomic E-state index is 13.4. The van der Waals surface area contributed by atoms with E-state index in [1.54, 1.807) is 4.90 Å². The third-order valence-electron chi connectivity index (χ3n) is 3.32. The van der Waals surface area contributed by atoms with Crippen molar-refractivity contribution >= 4 is 11.6 Å². The number of β-amino-alcohol motifs (C(OH)–C–C–N with tert-alkyl or cyclic N) is 1. The van der Waals surface area contributed by atoms with Gasteiger partial charge in [-0.15, -0.1) is 0 Å². The Kier molecular flexibility index (Phi) is 4.35. The van der Waals surface area contributed by atoms with Crippen LogP contribution < -0.4 is 5.32 Å². The zero-order valence-electron chi connectivity index (χ0n) is 11.3. The van der Waals surface area contributed by atoms with Crippen molar-refractivity contribution in [3.8, 4) is 0 Å². The van der Waals surface area contributed by atoms with Crippen LogP contribution in [0.3, 0.4) is 0 Å². The molecule has 0 aromatic heterocycles. The zero-order chi connectivity index (χ0) is 14.8. The maximum atomic E-state index is 13.4. The van der Waals surface area contributed by atoms with Crippen molar-refractivity contribution in [2.75, 3.05) is 25.0 Å². The van der Waals surface area contributed by atoms with Crippen LogP contribution in [0.5, 0.6) is 0 Å². The Morgan fingerprint density at radius 2 is 2.15 bits per heavy atom. The van der Waals surface area contributed by atoms with Crippen LogP contribution >= 0.6 is 0 Å². The lowest BCUT2D eigenvalue weighted by atomic mass is 9.89. The van der Waals surface area contributed by atoms with Crippen molar-refractivity contribution in [3.05, 3.63) is 29.8 Å². The van der Waals surface area contributed by atoms with Crippen molar-refractivity contribution in [2.24, 2.45) is 0 Å². The summed E-state index contributed by atoms with van der Waals surface area (Å²) in [6.45, 7) is 2.97. The van der Waals surface area contributed by atoms with E-state index in [4.69, 9.17) is 0 Å². The summed E-state index contributed by atoms with van der Waals surface area (Å²) < 4.78 is 26.1. The summed E-state index contributed by atoms with van der Waals surface area (Å²) in [7, 11) is 0. The van der Waals surface area contributed by atoms with Gasteiger partial charge in [0.2, 0.25) is 5.91 Å². The monoisotopic (exact) mass is 284 g/mol. The molecule has 20 heavy (non-hydrogen) atoms. The van der Waals surface area contributed by atoms with Gasteiger partial charge in [-0.3, -0.25) is 9.69 Å². The standard InChI is InChI=1S/C14H18F2N2O2/c1-2-5-14(20)8-18(9-14)7-13(19)17-12-4-3-10(15)6-11(12)16/h3-4,6,20H,2,5,7-9H2,1H3,(H,17,19). The molecule has 0 spiro atoms. The fourth-order valence-electron chi connectivity index (χ4n) is 2.51. The molecule has 0 bridgehead atoms. The normalized spacial score (nSPS) is 17.6. The number of likely N-dealkylation sites (tertiary alicyclic amines) is 1. The number of hydrogen-bond donors (Lipinski definition) is 2. The first-order chi connectivity index (χ1) is 9.42. The molecule has 6 heteroatoms. The van der Waals surface area contributed by atoms with E-state index in [1.807, 2.05) is 6.92 Å². The largest absolute Gasteiger partial charge is 0.387 e. The quantitative estimate of drug-likeness (QED) is 0.866. The number of anilines is 1. The molecule has 4 nitrogen and oxygen atoms in total. The smallest absolute Gasteiger partial charge is 0.238 e. The van der Waals surface area contributed by atoms with Gasteiger partial charge in [0.25, 0.3) is 0 Å². The molecule has 1 fully saturated rings. The number of benzene rings is 1. The minimum absolute atomic E-state index is 0.0410. The molecule has 110 valence electrons. The van der Waals surface area contributed by atoms with E-state index in [2.05, 4.69) is 5.32 Å². The molecule has 0 aliphatic carbocycles. The van der Waals surface area contributed by atoms with Crippen molar-refractivity contribution < 1.29 is 18.7 Å². The van der Waals surface area contributed by atoms with Crippen molar-refractivity contribution in [1.82, 2.24) is 4.90 Å². The van der Waals surface area contributed by atoms with E-state index >= 15 is 0 Å². The minimum Gasteiger partial charge on any atom is -0.387 e. The van der Waals surface area contributed by atoms with Gasteiger partial charge in [-0.25, -0.2) is 8.78 Å². The van der Waals surface area contributed by atoms with Crippen molar-refractivity contribution in [1.29, 1.82) is 0 Å². The number of carbonyl (C=O) groups excluding carboxylic acids is 1. The Labute approximate surface area is 116 Å². The van der Waals surface area contributed by atoms with Crippen LogP contribution in [0.15, 0.2) is 18.2 Å². The SMILES string of the molecule is CCCC1(O)CN(CC(=O)Nc2ccc(F)cc2F)C1. The second-order valence-corrected chi connectivity index (χ2v) is 5.29. The number of nitrogens with zero attached hydrogens (tertiary/aromatic N) is 1. The Morgan fingerprint density at radius 3 is 2.75 bits per heavy atom. The third-order valence-corrected chi connectivity index (χ3v) is 3.32. The summed E-state index contributed by atoms with van der Waals surface area (Å²) >= 11 is 0. The summed E-state index contributed by atoms with van der Waals surface area (Å²) in [5, 5.41) is 12.4. The van der Waals surface area contributed by atoms with E-state index in [0.29, 0.717) is 19.5 Å². The van der Waals surface area contributed by atoms with Crippen LogP contribution in [0.1, 0.15) is 19.8 Å². The van der Waals surface area contributed by atoms with E-state index < -0.39 is 17.2 Å². The first kappa shape index (κ1) is 14.9. The number of nitrogens with one attached hydrogen (secondary N) is 1. The molecule has 1 aromatic carbocycles. The lowest BCUT2D eigenvalue weighted by molar-refractivity contribution is -0.129. The Hall–Kier alpha value is -1.53. The van der Waals surface area contributed by atoms with Gasteiger partial charge in [0, 0.05) is 19.2 Å². The summed E-state index contributed by atoms with van der Waals surface area (Å²) in [6, 6.07) is 2.99. The molecular formula is C14H18F2N2O2. The lowest BCUT2D eigenvalue weighted by Crippen LogP contribution is -2.62. The van der Waals surface area contributed by atoms with Crippen LogP contribution in [0.4, 0.5) is 14.5 Å². The molecule has 1 aromatic rings. The zero-order valence-corrected chi connectivity index (χ0v) is 11.3. The van der Waals surface area contributed by atoms with Gasteiger partial charge in [-0.2, -0.15) is 0 Å². The highest BCUT2D eigenvalue weighted by molar-refractivity contribution is 5.92. The maximum Gasteiger partial charge on any atom is 0.238 e. The summed E-state index contributed by atoms with van der Waals surface area (Å²) in [4.78, 5) is 13.5. The molecule has 0 radical (unpaired) electrons. The van der Waals surface area contributed by atoms with Crippen LogP contribution in [-0.2, 0) is 4.79 Å². The van der Waals surface area contributed by atoms with Gasteiger partial charge in [-0.1, -0.05) is 13.3 Å². The van der Waals surface area contributed by atoms with Crippen LogP contribution in [0, 0.1) is 11.6 Å². The predicted molar refractivity (Wildman–Crippen MR) is 71.3 cm³/mol. The minimum atomic E-state index is -0.801. The van der Waals surface area contributed by atoms with E-state index in [9.17, 15) is 18.7 Å². The molecule has 1 heterocycles. The fraction of sp³-hybridized carbons (Fsp3) is 0.500. The second-order valence-electron chi connectivity index (χ2n) is 5.29. The summed E-state index contributed by atoms with van der Waals surface area (Å²) in [5.41, 5.74) is -0.739. The molecule has 1 amide bonds. The summed E-state index contributed by atoms with van der Waals surface area (Å²) in [6.07, 6.45) is 1.59. The predicted octanol–water partition coefficient (Wildman–Crippen LogP) is 1.75. The van der Waals surface area contributed by atoms with Crippen LogP contribution in [-0.4, -0.2) is 41.1 Å². The van der Waals surface area contributed by atoms with E-state index in [1.165, 1.54) is 6.07 Å². The van der Waals surface area contributed by atoms with Gasteiger partial charge in [-0.05, 0) is 18.6 Å². The first-order valence-corrected chi connectivity index (χ1v) is 6.61. The number of amides is 1. The number of carbonyl (C=O) groups is 1. The molecule has 2 rings (SSSR count). The fourth-order valence-corrected chi connectivity index (χ4v) is 2.51.